The lowest BCUT2D eigenvalue weighted by Crippen LogP contribution is -2.39. The fourth-order valence-electron chi connectivity index (χ4n) is 2.07. The lowest BCUT2D eigenvalue weighted by Gasteiger charge is -2.28. The minimum absolute atomic E-state index is 0.199. The van der Waals surface area contributed by atoms with Crippen LogP contribution in [0.2, 0.25) is 0 Å². The Balaban J connectivity index is 2.19. The summed E-state index contributed by atoms with van der Waals surface area (Å²) in [5, 5.41) is 3.26. The fourth-order valence-corrected chi connectivity index (χ4v) is 2.07. The quantitative estimate of drug-likeness (QED) is 0.809. The summed E-state index contributed by atoms with van der Waals surface area (Å²) >= 11 is 0. The van der Waals surface area contributed by atoms with Crippen molar-refractivity contribution >= 4 is 5.97 Å². The van der Waals surface area contributed by atoms with Crippen molar-refractivity contribution in [1.82, 2.24) is 5.32 Å². The molecule has 2 rings (SSSR count). The SMILES string of the molecule is COC(=O)C(C)(C)c1ccc(C2CNC2)cc1. The minimum Gasteiger partial charge on any atom is -0.468 e. The van der Waals surface area contributed by atoms with E-state index < -0.39 is 5.41 Å². The van der Waals surface area contributed by atoms with E-state index in [2.05, 4.69) is 17.4 Å². The van der Waals surface area contributed by atoms with Crippen LogP contribution in [-0.2, 0) is 14.9 Å². The summed E-state index contributed by atoms with van der Waals surface area (Å²) in [5.74, 6) is 0.431. The first-order valence-corrected chi connectivity index (χ1v) is 5.95. The van der Waals surface area contributed by atoms with Crippen LogP contribution in [-0.4, -0.2) is 26.2 Å². The average molecular weight is 233 g/mol. The Hall–Kier alpha value is -1.35. The summed E-state index contributed by atoms with van der Waals surface area (Å²) in [6.07, 6.45) is 0. The van der Waals surface area contributed by atoms with Crippen LogP contribution in [0, 0.1) is 0 Å². The van der Waals surface area contributed by atoms with Crippen molar-refractivity contribution in [3.05, 3.63) is 35.4 Å². The molecule has 0 spiro atoms. The molecule has 1 aromatic rings. The maximum Gasteiger partial charge on any atom is 0.315 e. The van der Waals surface area contributed by atoms with Gasteiger partial charge in [-0.05, 0) is 25.0 Å². The second kappa shape index (κ2) is 4.49. The molecule has 1 aromatic carbocycles. The number of carbonyl (C=O) groups excluding carboxylic acids is 1. The van der Waals surface area contributed by atoms with Crippen LogP contribution in [0.15, 0.2) is 24.3 Å². The molecule has 0 amide bonds. The predicted molar refractivity (Wildman–Crippen MR) is 67.1 cm³/mol. The molecule has 1 N–H and O–H groups in total. The van der Waals surface area contributed by atoms with Crippen molar-refractivity contribution in [3.63, 3.8) is 0 Å². The molecule has 92 valence electrons. The Kier molecular flexibility index (Phi) is 3.20. The molecule has 1 aliphatic heterocycles. The van der Waals surface area contributed by atoms with Gasteiger partial charge in [0.1, 0.15) is 0 Å². The number of benzene rings is 1. The Bertz CT molecular complexity index is 405. The third-order valence-electron chi connectivity index (χ3n) is 3.58. The van der Waals surface area contributed by atoms with Gasteiger partial charge < -0.3 is 10.1 Å². The summed E-state index contributed by atoms with van der Waals surface area (Å²) in [6.45, 7) is 5.89. The topological polar surface area (TPSA) is 38.3 Å². The van der Waals surface area contributed by atoms with Gasteiger partial charge in [-0.25, -0.2) is 0 Å². The highest BCUT2D eigenvalue weighted by Gasteiger charge is 2.31. The molecule has 0 aliphatic carbocycles. The minimum atomic E-state index is -0.578. The number of rotatable bonds is 3. The summed E-state index contributed by atoms with van der Waals surface area (Å²) in [4.78, 5) is 11.7. The highest BCUT2D eigenvalue weighted by atomic mass is 16.5. The maximum absolute atomic E-state index is 11.7. The summed E-state index contributed by atoms with van der Waals surface area (Å²) in [5.41, 5.74) is 1.76. The zero-order valence-electron chi connectivity index (χ0n) is 10.6. The third kappa shape index (κ3) is 2.20. The van der Waals surface area contributed by atoms with E-state index in [-0.39, 0.29) is 5.97 Å². The molecule has 3 nitrogen and oxygen atoms in total. The second-order valence-electron chi connectivity index (χ2n) is 5.09. The zero-order valence-corrected chi connectivity index (χ0v) is 10.6. The molecule has 1 aliphatic rings. The maximum atomic E-state index is 11.7. The van der Waals surface area contributed by atoms with Crippen molar-refractivity contribution in [2.24, 2.45) is 0 Å². The van der Waals surface area contributed by atoms with Crippen molar-refractivity contribution < 1.29 is 9.53 Å². The van der Waals surface area contributed by atoms with E-state index in [0.29, 0.717) is 5.92 Å². The normalized spacial score (nSPS) is 16.4. The summed E-state index contributed by atoms with van der Waals surface area (Å²) in [7, 11) is 1.43. The predicted octanol–water partition coefficient (Wildman–Crippen LogP) is 1.82. The highest BCUT2D eigenvalue weighted by molar-refractivity contribution is 5.82. The first-order chi connectivity index (χ1) is 8.05. The van der Waals surface area contributed by atoms with Crippen LogP contribution in [0.5, 0.6) is 0 Å². The molecule has 1 saturated heterocycles. The Morgan fingerprint density at radius 3 is 2.29 bits per heavy atom. The lowest BCUT2D eigenvalue weighted by atomic mass is 9.83. The van der Waals surface area contributed by atoms with Crippen molar-refractivity contribution in [3.8, 4) is 0 Å². The van der Waals surface area contributed by atoms with Crippen LogP contribution >= 0.6 is 0 Å². The van der Waals surface area contributed by atoms with E-state index in [1.54, 1.807) is 0 Å². The largest absolute Gasteiger partial charge is 0.468 e. The summed E-state index contributed by atoms with van der Waals surface area (Å²) in [6, 6.07) is 8.30. The number of hydrogen-bond acceptors (Lipinski definition) is 3. The molecule has 1 heterocycles. The number of esters is 1. The third-order valence-corrected chi connectivity index (χ3v) is 3.58. The van der Waals surface area contributed by atoms with Gasteiger partial charge in [-0.2, -0.15) is 0 Å². The van der Waals surface area contributed by atoms with Gasteiger partial charge in [-0.15, -0.1) is 0 Å². The first kappa shape index (κ1) is 12.1. The number of nitrogens with one attached hydrogen (secondary N) is 1. The molecule has 3 heteroatoms. The average Bonchev–Trinajstić information content (AvgIpc) is 2.26. The van der Waals surface area contributed by atoms with E-state index in [0.717, 1.165) is 18.7 Å². The van der Waals surface area contributed by atoms with Crippen molar-refractivity contribution in [2.45, 2.75) is 25.2 Å². The zero-order chi connectivity index (χ0) is 12.5. The molecule has 0 bridgehead atoms. The molecule has 0 saturated carbocycles. The van der Waals surface area contributed by atoms with Crippen molar-refractivity contribution in [1.29, 1.82) is 0 Å². The van der Waals surface area contributed by atoms with Crippen LogP contribution < -0.4 is 5.32 Å². The Morgan fingerprint density at radius 2 is 1.88 bits per heavy atom. The first-order valence-electron chi connectivity index (χ1n) is 5.95. The number of hydrogen-bond donors (Lipinski definition) is 1. The molecule has 0 unspecified atom stereocenters. The van der Waals surface area contributed by atoms with Gasteiger partial charge in [0.2, 0.25) is 0 Å². The smallest absolute Gasteiger partial charge is 0.315 e. The van der Waals surface area contributed by atoms with Gasteiger partial charge in [-0.3, -0.25) is 4.79 Å². The van der Waals surface area contributed by atoms with E-state index in [1.807, 2.05) is 26.0 Å². The van der Waals surface area contributed by atoms with Crippen LogP contribution in [0.25, 0.3) is 0 Å². The van der Waals surface area contributed by atoms with Gasteiger partial charge in [0.05, 0.1) is 12.5 Å². The monoisotopic (exact) mass is 233 g/mol. The second-order valence-corrected chi connectivity index (χ2v) is 5.09. The Labute approximate surface area is 102 Å². The molecule has 17 heavy (non-hydrogen) atoms. The van der Waals surface area contributed by atoms with E-state index in [9.17, 15) is 4.79 Å². The van der Waals surface area contributed by atoms with E-state index in [1.165, 1.54) is 12.7 Å². The number of methoxy groups -OCH3 is 1. The van der Waals surface area contributed by atoms with Gasteiger partial charge in [-0.1, -0.05) is 24.3 Å². The van der Waals surface area contributed by atoms with Crippen LogP contribution in [0.3, 0.4) is 0 Å². The van der Waals surface area contributed by atoms with Gasteiger partial charge in [0.15, 0.2) is 0 Å². The van der Waals surface area contributed by atoms with Crippen LogP contribution in [0.4, 0.5) is 0 Å². The summed E-state index contributed by atoms with van der Waals surface area (Å²) < 4.78 is 4.83. The lowest BCUT2D eigenvalue weighted by molar-refractivity contribution is -0.146. The van der Waals surface area contributed by atoms with Gasteiger partial charge in [0.25, 0.3) is 0 Å². The number of carbonyl (C=O) groups is 1. The molecule has 0 atom stereocenters. The standard InChI is InChI=1S/C14H19NO2/c1-14(2,13(16)17-3)12-6-4-10(5-7-12)11-8-15-9-11/h4-7,11,15H,8-9H2,1-3H3. The highest BCUT2D eigenvalue weighted by Crippen LogP contribution is 2.27. The van der Waals surface area contributed by atoms with Crippen LogP contribution in [0.1, 0.15) is 30.9 Å². The van der Waals surface area contributed by atoms with Crippen molar-refractivity contribution in [2.75, 3.05) is 20.2 Å². The fraction of sp³-hybridized carbons (Fsp3) is 0.500. The number of ether oxygens (including phenoxy) is 1. The molecule has 0 aromatic heterocycles. The van der Waals surface area contributed by atoms with E-state index >= 15 is 0 Å². The van der Waals surface area contributed by atoms with E-state index in [4.69, 9.17) is 4.74 Å². The molecule has 0 radical (unpaired) electrons. The van der Waals surface area contributed by atoms with Gasteiger partial charge in [0, 0.05) is 19.0 Å². The molecular formula is C14H19NO2. The Morgan fingerprint density at radius 1 is 1.29 bits per heavy atom. The molecular weight excluding hydrogens is 214 g/mol. The van der Waals surface area contributed by atoms with Gasteiger partial charge >= 0.3 is 5.97 Å². The molecule has 1 fully saturated rings.